The Balaban J connectivity index is 2.79. The Morgan fingerprint density at radius 3 is 2.55 bits per heavy atom. The van der Waals surface area contributed by atoms with E-state index in [2.05, 4.69) is 5.32 Å². The Hall–Kier alpha value is -2.09. The zero-order chi connectivity index (χ0) is 15.3. The number of alkyl halides is 3. The summed E-state index contributed by atoms with van der Waals surface area (Å²) in [6.45, 7) is -0.367. The number of carbonyl (C=O) groups is 2. The summed E-state index contributed by atoms with van der Waals surface area (Å²) in [6.07, 6.45) is -4.53. The van der Waals surface area contributed by atoms with E-state index in [1.54, 1.807) is 0 Å². The molecule has 2 N–H and O–H groups in total. The van der Waals surface area contributed by atoms with Gasteiger partial charge in [0.1, 0.15) is 0 Å². The highest BCUT2D eigenvalue weighted by molar-refractivity contribution is 6.39. The predicted molar refractivity (Wildman–Crippen MR) is 64.8 cm³/mol. The van der Waals surface area contributed by atoms with Gasteiger partial charge in [0.2, 0.25) is 0 Å². The van der Waals surface area contributed by atoms with Gasteiger partial charge >= 0.3 is 18.0 Å². The number of amides is 2. The van der Waals surface area contributed by atoms with Crippen LogP contribution in [0.5, 0.6) is 0 Å². The molecule has 0 aliphatic heterocycles. The normalized spacial score (nSPS) is 11.1. The molecule has 1 rings (SSSR count). The number of likely N-dealkylation sites (N-methyl/N-ethyl adjacent to an activating group) is 1. The Kier molecular flexibility index (Phi) is 5.09. The molecular weight excluding hydrogens is 277 g/mol. The van der Waals surface area contributed by atoms with Crippen molar-refractivity contribution in [2.45, 2.75) is 6.18 Å². The van der Waals surface area contributed by atoms with E-state index in [1.165, 1.54) is 13.1 Å². The molecule has 0 saturated heterocycles. The van der Waals surface area contributed by atoms with Gasteiger partial charge in [0, 0.05) is 19.3 Å². The average Bonchev–Trinajstić information content (AvgIpc) is 2.37. The first-order chi connectivity index (χ1) is 9.25. The van der Waals surface area contributed by atoms with Crippen molar-refractivity contribution in [2.75, 3.05) is 25.5 Å². The van der Waals surface area contributed by atoms with Crippen molar-refractivity contribution in [1.82, 2.24) is 4.90 Å². The summed E-state index contributed by atoms with van der Waals surface area (Å²) < 4.78 is 37.4. The molecule has 110 valence electrons. The topological polar surface area (TPSA) is 69.6 Å². The molecule has 20 heavy (non-hydrogen) atoms. The number of aliphatic hydroxyl groups excluding tert-OH is 1. The van der Waals surface area contributed by atoms with Crippen LogP contribution in [0.15, 0.2) is 24.3 Å². The standard InChI is InChI=1S/C12H13F3N2O3/c1-17(5-6-18)11(20)10(19)16-9-4-2-3-8(7-9)12(13,14)15/h2-4,7,18H,5-6H2,1H3,(H,16,19). The van der Waals surface area contributed by atoms with Crippen LogP contribution < -0.4 is 5.32 Å². The van der Waals surface area contributed by atoms with Gasteiger partial charge in [0.25, 0.3) is 0 Å². The quantitative estimate of drug-likeness (QED) is 0.819. The van der Waals surface area contributed by atoms with E-state index < -0.39 is 23.6 Å². The van der Waals surface area contributed by atoms with Crippen LogP contribution in [0.2, 0.25) is 0 Å². The van der Waals surface area contributed by atoms with Crippen LogP contribution in [0.1, 0.15) is 5.56 Å². The Morgan fingerprint density at radius 2 is 2.00 bits per heavy atom. The maximum absolute atomic E-state index is 12.5. The van der Waals surface area contributed by atoms with Crippen molar-refractivity contribution in [3.05, 3.63) is 29.8 Å². The first-order valence-corrected chi connectivity index (χ1v) is 5.60. The SMILES string of the molecule is CN(CCO)C(=O)C(=O)Nc1cccc(C(F)(F)F)c1. The summed E-state index contributed by atoms with van der Waals surface area (Å²) in [5, 5.41) is 10.7. The highest BCUT2D eigenvalue weighted by Gasteiger charge is 2.30. The first kappa shape index (κ1) is 16.0. The number of hydrogen-bond donors (Lipinski definition) is 2. The summed E-state index contributed by atoms with van der Waals surface area (Å²) in [5.74, 6) is -2.02. The molecule has 0 aliphatic carbocycles. The largest absolute Gasteiger partial charge is 0.416 e. The number of nitrogens with zero attached hydrogens (tertiary/aromatic N) is 1. The fourth-order valence-corrected chi connectivity index (χ4v) is 1.38. The molecule has 0 saturated carbocycles. The van der Waals surface area contributed by atoms with Gasteiger partial charge in [0.05, 0.1) is 12.2 Å². The number of hydrogen-bond acceptors (Lipinski definition) is 3. The number of benzene rings is 1. The fourth-order valence-electron chi connectivity index (χ4n) is 1.38. The summed E-state index contributed by atoms with van der Waals surface area (Å²) in [7, 11) is 1.30. The molecule has 0 bridgehead atoms. The molecule has 8 heteroatoms. The van der Waals surface area contributed by atoms with Crippen LogP contribution in [0.3, 0.4) is 0 Å². The van der Waals surface area contributed by atoms with E-state index in [-0.39, 0.29) is 18.8 Å². The highest BCUT2D eigenvalue weighted by Crippen LogP contribution is 2.30. The summed E-state index contributed by atoms with van der Waals surface area (Å²) in [5.41, 5.74) is -1.05. The molecule has 0 aliphatic rings. The summed E-state index contributed by atoms with van der Waals surface area (Å²) >= 11 is 0. The maximum Gasteiger partial charge on any atom is 0.416 e. The second kappa shape index (κ2) is 6.38. The van der Waals surface area contributed by atoms with Crippen molar-refractivity contribution in [2.24, 2.45) is 0 Å². The molecule has 1 aromatic carbocycles. The molecule has 0 spiro atoms. The number of carbonyl (C=O) groups excluding carboxylic acids is 2. The lowest BCUT2D eigenvalue weighted by atomic mass is 10.2. The van der Waals surface area contributed by atoms with Gasteiger partial charge in [-0.2, -0.15) is 13.2 Å². The second-order valence-electron chi connectivity index (χ2n) is 3.98. The average molecular weight is 290 g/mol. The van der Waals surface area contributed by atoms with Gasteiger partial charge in [-0.1, -0.05) is 6.07 Å². The van der Waals surface area contributed by atoms with Gasteiger partial charge in [-0.05, 0) is 18.2 Å². The van der Waals surface area contributed by atoms with Crippen LogP contribution in [0.4, 0.5) is 18.9 Å². The Bertz CT molecular complexity index is 503. The van der Waals surface area contributed by atoms with Crippen LogP contribution in [-0.4, -0.2) is 42.0 Å². The third-order valence-corrected chi connectivity index (χ3v) is 2.42. The van der Waals surface area contributed by atoms with E-state index in [0.717, 1.165) is 23.1 Å². The number of nitrogens with one attached hydrogen (secondary N) is 1. The van der Waals surface area contributed by atoms with E-state index in [0.29, 0.717) is 0 Å². The number of rotatable bonds is 3. The van der Waals surface area contributed by atoms with E-state index in [9.17, 15) is 22.8 Å². The molecule has 0 aromatic heterocycles. The minimum absolute atomic E-state index is 0.0468. The number of anilines is 1. The van der Waals surface area contributed by atoms with Crippen molar-refractivity contribution in [3.8, 4) is 0 Å². The maximum atomic E-state index is 12.5. The smallest absolute Gasteiger partial charge is 0.395 e. The van der Waals surface area contributed by atoms with Crippen LogP contribution in [-0.2, 0) is 15.8 Å². The van der Waals surface area contributed by atoms with E-state index in [4.69, 9.17) is 5.11 Å². The molecular formula is C12H13F3N2O3. The summed E-state index contributed by atoms with van der Waals surface area (Å²) in [4.78, 5) is 24.0. The lowest BCUT2D eigenvalue weighted by molar-refractivity contribution is -0.142. The molecule has 5 nitrogen and oxygen atoms in total. The van der Waals surface area contributed by atoms with Gasteiger partial charge in [-0.3, -0.25) is 9.59 Å². The fraction of sp³-hybridized carbons (Fsp3) is 0.333. The number of halogens is 3. The summed E-state index contributed by atoms with van der Waals surface area (Å²) in [6, 6.07) is 3.96. The molecule has 2 amide bonds. The van der Waals surface area contributed by atoms with Gasteiger partial charge in [-0.15, -0.1) is 0 Å². The molecule has 0 atom stereocenters. The zero-order valence-corrected chi connectivity index (χ0v) is 10.6. The van der Waals surface area contributed by atoms with Crippen molar-refractivity contribution >= 4 is 17.5 Å². The van der Waals surface area contributed by atoms with Gasteiger partial charge in [-0.25, -0.2) is 0 Å². The van der Waals surface area contributed by atoms with Crippen molar-refractivity contribution in [3.63, 3.8) is 0 Å². The Labute approximate surface area is 113 Å². The molecule has 0 radical (unpaired) electrons. The second-order valence-corrected chi connectivity index (χ2v) is 3.98. The van der Waals surface area contributed by atoms with Crippen LogP contribution in [0.25, 0.3) is 0 Å². The lowest BCUT2D eigenvalue weighted by Gasteiger charge is -2.15. The van der Waals surface area contributed by atoms with Crippen LogP contribution in [0, 0.1) is 0 Å². The Morgan fingerprint density at radius 1 is 1.35 bits per heavy atom. The molecule has 0 unspecified atom stereocenters. The van der Waals surface area contributed by atoms with E-state index in [1.807, 2.05) is 0 Å². The minimum atomic E-state index is -4.53. The third kappa shape index (κ3) is 4.23. The zero-order valence-electron chi connectivity index (χ0n) is 10.6. The minimum Gasteiger partial charge on any atom is -0.395 e. The van der Waals surface area contributed by atoms with Gasteiger partial charge in [0.15, 0.2) is 0 Å². The highest BCUT2D eigenvalue weighted by atomic mass is 19.4. The van der Waals surface area contributed by atoms with E-state index >= 15 is 0 Å². The van der Waals surface area contributed by atoms with Crippen molar-refractivity contribution in [1.29, 1.82) is 0 Å². The third-order valence-electron chi connectivity index (χ3n) is 2.42. The molecule has 0 heterocycles. The first-order valence-electron chi connectivity index (χ1n) is 5.60. The lowest BCUT2D eigenvalue weighted by Crippen LogP contribution is -2.38. The molecule has 0 fully saturated rings. The number of aliphatic hydroxyl groups is 1. The predicted octanol–water partition coefficient (Wildman–Crippen LogP) is 1.09. The monoisotopic (exact) mass is 290 g/mol. The van der Waals surface area contributed by atoms with Crippen LogP contribution >= 0.6 is 0 Å². The van der Waals surface area contributed by atoms with Crippen molar-refractivity contribution < 1.29 is 27.9 Å². The molecule has 1 aromatic rings. The van der Waals surface area contributed by atoms with Gasteiger partial charge < -0.3 is 15.3 Å².